The Morgan fingerprint density at radius 3 is 1.47 bits per heavy atom. The SMILES string of the molecule is CCN(C(=O)OC)c1ccc2c(c1)N(Cc1cnc[nH]1)CCO2.CN(C)S(=O)(=O)Nc1ccc2c(c1)N(Cc1cnc[nH]1)CCS2.CN1CCN(Cc2cnc[nH]2)c2ccccc21.COC(=O)Nc1ccc2c(n1)N(Cc1cnc[nH]1)CCO2.FC(F)(F)c1ccc2c(c1)N(Cc1cnc[nH]1)CCS2.O=[N+]([O-])c1ccc2c(n1)N(Cc1cnc[nH]1)CCO2. The number of methoxy groups -OCH3 is 2. The molecule has 0 unspecified atom stereocenters. The van der Waals surface area contributed by atoms with Gasteiger partial charge in [-0.3, -0.25) is 14.9 Å². The number of halogens is 3. The van der Waals surface area contributed by atoms with E-state index in [0.717, 1.165) is 134 Å². The maximum absolute atomic E-state index is 12.8. The second kappa shape index (κ2) is 41.2. The fourth-order valence-corrected chi connectivity index (χ4v) is 16.3. The third kappa shape index (κ3) is 23.2. The number of nitro groups is 1. The lowest BCUT2D eigenvalue weighted by molar-refractivity contribution is -0.389. The van der Waals surface area contributed by atoms with E-state index in [9.17, 15) is 41.3 Å². The van der Waals surface area contributed by atoms with Gasteiger partial charge in [-0.05, 0) is 102 Å². The van der Waals surface area contributed by atoms with Crippen molar-refractivity contribution in [3.8, 4) is 17.2 Å². The van der Waals surface area contributed by atoms with Gasteiger partial charge in [-0.1, -0.05) is 12.1 Å². The summed E-state index contributed by atoms with van der Waals surface area (Å²) < 4.78 is 92.4. The second-order valence-corrected chi connectivity index (χ2v) is 32.3. The quantitative estimate of drug-likeness (QED) is 0.0275. The van der Waals surface area contributed by atoms with Crippen LogP contribution in [0.5, 0.6) is 17.2 Å². The minimum Gasteiger partial charge on any atom is -0.490 e. The number of nitrogens with zero attached hydrogens (tertiary/aromatic N) is 18. The zero-order chi connectivity index (χ0) is 86.4. The Labute approximate surface area is 714 Å². The lowest BCUT2D eigenvalue weighted by Crippen LogP contribution is -2.38. The number of imidazole rings is 6. The summed E-state index contributed by atoms with van der Waals surface area (Å²) in [5, 5.41) is 13.3. The molecule has 4 aromatic carbocycles. The summed E-state index contributed by atoms with van der Waals surface area (Å²) in [6, 6.07) is 30.3. The molecule has 6 aliphatic heterocycles. The predicted octanol–water partition coefficient (Wildman–Crippen LogP) is 12.0. The van der Waals surface area contributed by atoms with Gasteiger partial charge in [0.2, 0.25) is 0 Å². The van der Waals surface area contributed by atoms with Crippen LogP contribution in [0.4, 0.5) is 85.8 Å². The number of aromatic amines is 6. The smallest absolute Gasteiger partial charge is 0.416 e. The van der Waals surface area contributed by atoms with Crippen molar-refractivity contribution < 1.29 is 59.8 Å². The lowest BCUT2D eigenvalue weighted by atomic mass is 10.1. The topological polar surface area (TPSA) is 409 Å². The number of aromatic nitrogens is 14. The summed E-state index contributed by atoms with van der Waals surface area (Å²) >= 11 is 3.37. The number of pyridine rings is 2. The van der Waals surface area contributed by atoms with Crippen LogP contribution in [0.15, 0.2) is 188 Å². The number of hydrogen-bond donors (Lipinski definition) is 8. The molecule has 0 saturated heterocycles. The number of alkyl halides is 3. The van der Waals surface area contributed by atoms with Crippen molar-refractivity contribution >= 4 is 109 Å². The summed E-state index contributed by atoms with van der Waals surface area (Å²) in [6.45, 7) is 14.1. The Morgan fingerprint density at radius 2 is 0.992 bits per heavy atom. The first kappa shape index (κ1) is 87.4. The molecule has 0 saturated carbocycles. The molecule has 0 atom stereocenters. The molecule has 43 heteroatoms. The Balaban J connectivity index is 0.000000127. The lowest BCUT2D eigenvalue weighted by Gasteiger charge is -2.36. The molecule has 0 aliphatic carbocycles. The van der Waals surface area contributed by atoms with Crippen molar-refractivity contribution in [2.24, 2.45) is 0 Å². The molecular weight excluding hydrogens is 1650 g/mol. The van der Waals surface area contributed by atoms with Crippen LogP contribution < -0.4 is 63.4 Å². The summed E-state index contributed by atoms with van der Waals surface area (Å²) in [7, 11) is 4.34. The van der Waals surface area contributed by atoms with Crippen molar-refractivity contribution in [2.75, 3.05) is 168 Å². The Kier molecular flexibility index (Phi) is 29.3. The predicted molar refractivity (Wildman–Crippen MR) is 463 cm³/mol. The van der Waals surface area contributed by atoms with Crippen LogP contribution in [0.3, 0.4) is 0 Å². The van der Waals surface area contributed by atoms with E-state index < -0.39 is 33.0 Å². The van der Waals surface area contributed by atoms with E-state index in [4.69, 9.17) is 18.9 Å². The first-order chi connectivity index (χ1) is 59.6. The summed E-state index contributed by atoms with van der Waals surface area (Å²) in [5.74, 6) is 5.36. The van der Waals surface area contributed by atoms with Gasteiger partial charge in [-0.2, -0.15) is 25.9 Å². The molecule has 2 amide bonds. The monoisotopic (exact) mass is 1750 g/mol. The Hall–Kier alpha value is -13.4. The van der Waals surface area contributed by atoms with Crippen molar-refractivity contribution in [3.05, 3.63) is 228 Å². The maximum atomic E-state index is 12.8. The van der Waals surface area contributed by atoms with Gasteiger partial charge in [0, 0.05) is 124 Å². The zero-order valence-corrected chi connectivity index (χ0v) is 70.5. The van der Waals surface area contributed by atoms with Gasteiger partial charge in [0.15, 0.2) is 17.3 Å². The standard InChI is InChI=1S/C16H20N4O3.C14H19N5O2S2.C13H12F3N3S.C13H15N5O3.C13H16N4.C11H11N5O3/c1-3-20(16(21)22-2)13-4-5-15-14(8-13)19(6-7-23-15)10-12-9-17-11-18-12;1-18(2)23(20,21)17-11-3-4-14-13(7-11)19(5-6-22-14)9-12-8-15-10-16-12;14-13(15,16)9-1-2-12-11(5-9)19(3-4-20-12)7-10-6-17-8-18-10;1-20-13(19)17-11-3-2-10-12(16-11)18(4-5-21-10)7-9-6-14-8-15-9;1-16-6-7-17(9-11-8-14-10-15-11)13-5-3-2-4-12(13)16;17-16(18)10-2-1-9-11(14-10)15(3-4-19-9)6-8-5-12-7-13-8/h4-5,8-9,11H,3,6-7,10H2,1-2H3,(H,17,18);3-4,7-8,10,17H,5-6,9H2,1-2H3,(H,15,16);1-2,5-6,8H,3-4,7H2,(H,17,18);2-3,6,8H,4-5,7H2,1H3,(H,14,15)(H,16,17,19);2-5,8,10H,6-7,9H2,1H3,(H,14,15);1-2,5,7H,3-4,6H2,(H,12,13). The van der Waals surface area contributed by atoms with Crippen LogP contribution in [0.25, 0.3) is 0 Å². The minimum atomic E-state index is -4.31. The van der Waals surface area contributed by atoms with Gasteiger partial charge >= 0.3 is 34.4 Å². The number of hydrogen-bond acceptors (Lipinski definition) is 28. The zero-order valence-electron chi connectivity index (χ0n) is 68.1. The number of H-pyrrole nitrogens is 6. The molecule has 648 valence electrons. The highest BCUT2D eigenvalue weighted by molar-refractivity contribution is 7.99. The van der Waals surface area contributed by atoms with E-state index in [2.05, 4.69) is 140 Å². The van der Waals surface area contributed by atoms with Crippen LogP contribution in [0.1, 0.15) is 46.7 Å². The van der Waals surface area contributed by atoms with Crippen molar-refractivity contribution in [1.82, 2.24) is 74.1 Å². The number of amides is 2. The molecule has 0 radical (unpaired) electrons. The highest BCUT2D eigenvalue weighted by atomic mass is 32.2. The van der Waals surface area contributed by atoms with Gasteiger partial charge in [-0.15, -0.1) is 23.5 Å². The van der Waals surface area contributed by atoms with E-state index in [0.29, 0.717) is 106 Å². The van der Waals surface area contributed by atoms with Gasteiger partial charge in [-0.25, -0.2) is 44.5 Å². The first-order valence-corrected chi connectivity index (χ1v) is 42.3. The third-order valence-electron chi connectivity index (χ3n) is 19.8. The van der Waals surface area contributed by atoms with Crippen LogP contribution in [0.2, 0.25) is 0 Å². The largest absolute Gasteiger partial charge is 0.490 e. The average molecular weight is 1750 g/mol. The number of carbonyl (C=O) groups is 2. The average Bonchev–Trinajstić information content (AvgIpc) is 1.13. The fourth-order valence-electron chi connectivity index (χ4n) is 13.6. The summed E-state index contributed by atoms with van der Waals surface area (Å²) in [6.07, 6.45) is 15.3. The molecule has 14 heterocycles. The highest BCUT2D eigenvalue weighted by Crippen LogP contribution is 2.43. The van der Waals surface area contributed by atoms with Gasteiger partial charge in [0.1, 0.15) is 31.4 Å². The maximum Gasteiger partial charge on any atom is 0.416 e. The summed E-state index contributed by atoms with van der Waals surface area (Å²) in [5.41, 5.74) is 12.0. The van der Waals surface area contributed by atoms with E-state index in [1.54, 1.807) is 122 Å². The number of nitrogens with one attached hydrogen (secondary N) is 8. The number of ether oxygens (including phenoxy) is 5. The molecule has 18 rings (SSSR count). The Bertz CT molecular complexity index is 5510. The molecular formula is C80H93F3N26O11S3. The van der Waals surface area contributed by atoms with Crippen molar-refractivity contribution in [3.63, 3.8) is 0 Å². The number of likely N-dealkylation sites (N-methyl/N-ethyl adjacent to an activating group) is 1. The Morgan fingerprint density at radius 1 is 0.537 bits per heavy atom. The van der Waals surface area contributed by atoms with Crippen molar-refractivity contribution in [2.45, 2.75) is 62.2 Å². The molecule has 123 heavy (non-hydrogen) atoms. The molecule has 6 aliphatic rings. The number of benzene rings is 4. The van der Waals surface area contributed by atoms with Crippen LogP contribution >= 0.6 is 23.5 Å². The molecule has 8 aromatic heterocycles. The molecule has 0 fully saturated rings. The fraction of sp³-hybridized carbons (Fsp3) is 0.325. The van der Waals surface area contributed by atoms with Crippen molar-refractivity contribution in [1.29, 1.82) is 0 Å². The van der Waals surface area contributed by atoms with Gasteiger partial charge in [0.25, 0.3) is 5.82 Å². The van der Waals surface area contributed by atoms with Gasteiger partial charge in [0.05, 0.1) is 185 Å². The van der Waals surface area contributed by atoms with E-state index in [1.165, 1.54) is 51.8 Å². The summed E-state index contributed by atoms with van der Waals surface area (Å²) in [4.78, 5) is 103. The molecule has 0 spiro atoms. The number of thioether (sulfide) groups is 2. The van der Waals surface area contributed by atoms with Crippen LogP contribution in [0, 0.1) is 10.1 Å². The number of fused-ring (bicyclic) bond motifs is 6. The molecule has 0 bridgehead atoms. The number of anilines is 10. The number of rotatable bonds is 19. The molecule has 37 nitrogen and oxygen atoms in total. The third-order valence-corrected chi connectivity index (χ3v) is 23.3. The van der Waals surface area contributed by atoms with Gasteiger partial charge < -0.3 is 98.0 Å². The molecule has 12 aromatic rings. The van der Waals surface area contributed by atoms with Crippen LogP contribution in [-0.2, 0) is 65.1 Å². The minimum absolute atomic E-state index is 0.182. The number of carbonyl (C=O) groups excluding carboxylic acids is 2. The molecule has 8 N–H and O–H groups in total. The van der Waals surface area contributed by atoms with Crippen LogP contribution in [-0.4, -0.2) is 219 Å². The number of para-hydroxylation sites is 2. The normalized spacial score (nSPS) is 14.2. The van der Waals surface area contributed by atoms with E-state index in [1.807, 2.05) is 59.4 Å². The first-order valence-electron chi connectivity index (χ1n) is 38.9. The van der Waals surface area contributed by atoms with E-state index >= 15 is 0 Å². The van der Waals surface area contributed by atoms with E-state index in [-0.39, 0.29) is 11.9 Å². The highest BCUT2D eigenvalue weighted by Gasteiger charge is 2.34. The second-order valence-electron chi connectivity index (χ2n) is 28.1.